The molecule has 0 aromatic rings. The number of carbonyl (C=O) groups excluding carboxylic acids is 2. The zero-order valence-corrected chi connectivity index (χ0v) is 13.1. The van der Waals surface area contributed by atoms with E-state index in [0.717, 1.165) is 0 Å². The van der Waals surface area contributed by atoms with Crippen molar-refractivity contribution in [3.05, 3.63) is 10.6 Å². The third-order valence-corrected chi connectivity index (χ3v) is 6.03. The normalized spacial score (nSPS) is 35.3. The van der Waals surface area contributed by atoms with E-state index in [1.165, 1.54) is 16.7 Å². The number of aliphatic hydroxyl groups excluding tert-OH is 1. The summed E-state index contributed by atoms with van der Waals surface area (Å²) < 4.78 is 0. The fraction of sp³-hybridized carbons (Fsp3) is 0.643. The van der Waals surface area contributed by atoms with Crippen LogP contribution < -0.4 is 5.32 Å². The summed E-state index contributed by atoms with van der Waals surface area (Å²) in [6.45, 7) is 3.94. The number of fused-ring (bicyclic) bond motifs is 1. The fourth-order valence-electron chi connectivity index (χ4n) is 3.52. The molecule has 8 heteroatoms. The van der Waals surface area contributed by atoms with Gasteiger partial charge in [0.15, 0.2) is 0 Å². The number of nitrogens with zero attached hydrogens (tertiary/aromatic N) is 1. The molecule has 22 heavy (non-hydrogen) atoms. The Morgan fingerprint density at radius 2 is 2.14 bits per heavy atom. The highest BCUT2D eigenvalue weighted by Crippen LogP contribution is 2.51. The summed E-state index contributed by atoms with van der Waals surface area (Å²) in [6, 6.07) is -0.300. The highest BCUT2D eigenvalue weighted by atomic mass is 32.2. The Balaban J connectivity index is 1.88. The lowest BCUT2D eigenvalue weighted by Crippen LogP contribution is -2.63. The second-order valence-corrected chi connectivity index (χ2v) is 7.36. The molecule has 1 unspecified atom stereocenters. The van der Waals surface area contributed by atoms with Crippen LogP contribution in [-0.4, -0.2) is 56.8 Å². The van der Waals surface area contributed by atoms with Crippen LogP contribution in [0.2, 0.25) is 0 Å². The molecule has 2 amide bonds. The average Bonchev–Trinajstić information content (AvgIpc) is 2.92. The van der Waals surface area contributed by atoms with Gasteiger partial charge in [0.25, 0.3) is 0 Å². The number of hydrogen-bond acceptors (Lipinski definition) is 5. The molecule has 0 aliphatic carbocycles. The first-order valence-electron chi connectivity index (χ1n) is 7.25. The predicted octanol–water partition coefficient (Wildman–Crippen LogP) is -0.238. The summed E-state index contributed by atoms with van der Waals surface area (Å²) in [6.07, 6.45) is -0.447. The summed E-state index contributed by atoms with van der Waals surface area (Å²) in [5.74, 6) is -2.20. The van der Waals surface area contributed by atoms with Crippen LogP contribution in [0, 0.1) is 11.8 Å². The van der Waals surface area contributed by atoms with Gasteiger partial charge >= 0.3 is 5.97 Å². The van der Waals surface area contributed by atoms with Gasteiger partial charge in [-0.15, -0.1) is 11.8 Å². The van der Waals surface area contributed by atoms with Gasteiger partial charge in [-0.1, -0.05) is 6.92 Å². The largest absolute Gasteiger partial charge is 0.477 e. The van der Waals surface area contributed by atoms with Crippen LogP contribution in [0.15, 0.2) is 10.6 Å². The molecule has 0 bridgehead atoms. The minimum absolute atomic E-state index is 0.0156. The molecule has 2 saturated heterocycles. The first-order chi connectivity index (χ1) is 10.3. The van der Waals surface area contributed by atoms with Crippen LogP contribution in [-0.2, 0) is 14.4 Å². The maximum atomic E-state index is 12.2. The molecule has 3 N–H and O–H groups in total. The van der Waals surface area contributed by atoms with Gasteiger partial charge in [-0.25, -0.2) is 4.79 Å². The van der Waals surface area contributed by atoms with Crippen molar-refractivity contribution in [2.45, 2.75) is 37.7 Å². The quantitative estimate of drug-likeness (QED) is 0.616. The van der Waals surface area contributed by atoms with Gasteiger partial charge in [0.2, 0.25) is 11.8 Å². The second kappa shape index (κ2) is 5.27. The smallest absolute Gasteiger partial charge is 0.353 e. The minimum atomic E-state index is -1.13. The van der Waals surface area contributed by atoms with Crippen molar-refractivity contribution in [3.63, 3.8) is 0 Å². The van der Waals surface area contributed by atoms with Gasteiger partial charge in [-0.05, 0) is 6.92 Å². The number of rotatable bonds is 4. The van der Waals surface area contributed by atoms with Crippen LogP contribution in [0.25, 0.3) is 0 Å². The van der Waals surface area contributed by atoms with E-state index >= 15 is 0 Å². The number of nitrogens with one attached hydrogen (secondary N) is 1. The molecule has 0 aromatic heterocycles. The van der Waals surface area contributed by atoms with Gasteiger partial charge < -0.3 is 20.4 Å². The average molecular weight is 326 g/mol. The van der Waals surface area contributed by atoms with Crippen molar-refractivity contribution in [2.24, 2.45) is 11.8 Å². The maximum absolute atomic E-state index is 12.2. The summed E-state index contributed by atoms with van der Waals surface area (Å²) in [5.41, 5.74) is 0.0174. The highest BCUT2D eigenvalue weighted by Gasteiger charge is 2.60. The van der Waals surface area contributed by atoms with E-state index in [0.29, 0.717) is 17.9 Å². The molecule has 2 fully saturated rings. The zero-order chi connectivity index (χ0) is 16.2. The number of carbonyl (C=O) groups is 3. The Morgan fingerprint density at radius 1 is 1.45 bits per heavy atom. The number of β-lactam (4-membered cyclic amide) rings is 1. The van der Waals surface area contributed by atoms with E-state index in [4.69, 9.17) is 0 Å². The number of carboxylic acid groups (broad SMARTS) is 1. The van der Waals surface area contributed by atoms with Gasteiger partial charge in [0.05, 0.1) is 18.1 Å². The molecule has 3 rings (SSSR count). The maximum Gasteiger partial charge on any atom is 0.353 e. The summed E-state index contributed by atoms with van der Waals surface area (Å²) in [5, 5.41) is 22.0. The van der Waals surface area contributed by atoms with E-state index in [-0.39, 0.29) is 34.7 Å². The Kier molecular flexibility index (Phi) is 3.68. The summed E-state index contributed by atoms with van der Waals surface area (Å²) >= 11 is 1.37. The first kappa shape index (κ1) is 15.4. The Morgan fingerprint density at radius 3 is 2.64 bits per heavy atom. The third-order valence-electron chi connectivity index (χ3n) is 4.54. The SMILES string of the molecule is C[C@H]1C(S[C@@H]2CNC(=O)C2)=C(C(=O)O)N2C(=O)[C@H]([C@@H](C)O)C12. The van der Waals surface area contributed by atoms with Gasteiger partial charge in [-0.3, -0.25) is 9.59 Å². The van der Waals surface area contributed by atoms with E-state index in [1.807, 2.05) is 6.92 Å². The van der Waals surface area contributed by atoms with Gasteiger partial charge in [-0.2, -0.15) is 0 Å². The monoisotopic (exact) mass is 326 g/mol. The van der Waals surface area contributed by atoms with Crippen LogP contribution >= 0.6 is 11.8 Å². The van der Waals surface area contributed by atoms with Crippen molar-refractivity contribution in [1.29, 1.82) is 0 Å². The Bertz CT molecular complexity index is 588. The first-order valence-corrected chi connectivity index (χ1v) is 8.12. The Hall–Kier alpha value is -1.54. The molecule has 3 aliphatic heterocycles. The number of aliphatic hydroxyl groups is 1. The molecule has 0 saturated carbocycles. The topological polar surface area (TPSA) is 107 Å². The van der Waals surface area contributed by atoms with Crippen LogP contribution in [0.4, 0.5) is 0 Å². The van der Waals surface area contributed by atoms with Crippen LogP contribution in [0.1, 0.15) is 20.3 Å². The van der Waals surface area contributed by atoms with E-state index in [2.05, 4.69) is 5.32 Å². The predicted molar refractivity (Wildman–Crippen MR) is 78.6 cm³/mol. The lowest BCUT2D eigenvalue weighted by atomic mass is 9.79. The van der Waals surface area contributed by atoms with E-state index < -0.39 is 18.0 Å². The standard InChI is InChI=1S/C14H18N2O5S/c1-5-10-9(6(2)17)13(19)16(10)11(14(20)21)12(5)22-7-3-8(18)15-4-7/h5-7,9-10,17H,3-4H2,1-2H3,(H,15,18)(H,20,21)/t5-,6-,7+,9-,10?/m1/s1. The zero-order valence-electron chi connectivity index (χ0n) is 12.3. The molecule has 7 nitrogen and oxygen atoms in total. The Labute approximate surface area is 131 Å². The second-order valence-electron chi connectivity index (χ2n) is 6.02. The number of aliphatic carboxylic acids is 1. The van der Waals surface area contributed by atoms with Crippen LogP contribution in [0.5, 0.6) is 0 Å². The molecule has 0 spiro atoms. The molecule has 0 radical (unpaired) electrons. The molecule has 3 heterocycles. The molecule has 0 aromatic carbocycles. The number of thioether (sulfide) groups is 1. The molecule has 3 aliphatic rings. The van der Waals surface area contributed by atoms with E-state index in [9.17, 15) is 24.6 Å². The summed E-state index contributed by atoms with van der Waals surface area (Å²) in [4.78, 5) is 37.0. The van der Waals surface area contributed by atoms with Crippen molar-refractivity contribution >= 4 is 29.5 Å². The lowest BCUT2D eigenvalue weighted by Gasteiger charge is -2.46. The van der Waals surface area contributed by atoms with Crippen molar-refractivity contribution in [1.82, 2.24) is 10.2 Å². The third kappa shape index (κ3) is 2.13. The molecular formula is C14H18N2O5S. The highest BCUT2D eigenvalue weighted by molar-refractivity contribution is 8.03. The van der Waals surface area contributed by atoms with Gasteiger partial charge in [0.1, 0.15) is 5.70 Å². The van der Waals surface area contributed by atoms with Crippen LogP contribution in [0.3, 0.4) is 0 Å². The molecule has 120 valence electrons. The molecule has 5 atom stereocenters. The number of amides is 2. The minimum Gasteiger partial charge on any atom is -0.477 e. The van der Waals surface area contributed by atoms with Crippen molar-refractivity contribution in [3.8, 4) is 0 Å². The molecular weight excluding hydrogens is 308 g/mol. The fourth-order valence-corrected chi connectivity index (χ4v) is 4.93. The van der Waals surface area contributed by atoms with Gasteiger partial charge in [0, 0.05) is 29.0 Å². The van der Waals surface area contributed by atoms with E-state index in [1.54, 1.807) is 6.92 Å². The van der Waals surface area contributed by atoms with Crippen molar-refractivity contribution < 1.29 is 24.6 Å². The number of carboxylic acids is 1. The summed E-state index contributed by atoms with van der Waals surface area (Å²) in [7, 11) is 0. The van der Waals surface area contributed by atoms with Crippen molar-refractivity contribution in [2.75, 3.05) is 6.54 Å². The number of hydrogen-bond donors (Lipinski definition) is 3. The lowest BCUT2D eigenvalue weighted by molar-refractivity contribution is -0.163.